The van der Waals surface area contributed by atoms with E-state index < -0.39 is 28.3 Å². The topological polar surface area (TPSA) is 93.1 Å². The van der Waals surface area contributed by atoms with E-state index in [9.17, 15) is 18.0 Å². The summed E-state index contributed by atoms with van der Waals surface area (Å²) in [7, 11) is -3.14. The number of amides is 1. The highest BCUT2D eigenvalue weighted by Crippen LogP contribution is 2.14. The molecule has 1 aliphatic rings. The lowest BCUT2D eigenvalue weighted by molar-refractivity contribution is -0.134. The van der Waals surface area contributed by atoms with Gasteiger partial charge < -0.3 is 4.74 Å². The molecular formula is C20H20N2O5S. The highest BCUT2D eigenvalue weighted by Gasteiger charge is 2.22. The molecule has 8 heteroatoms. The molecule has 0 fully saturated rings. The van der Waals surface area contributed by atoms with Crippen LogP contribution >= 0.6 is 0 Å². The molecule has 1 aliphatic heterocycles. The molecule has 146 valence electrons. The second-order valence-corrected chi connectivity index (χ2v) is 8.66. The summed E-state index contributed by atoms with van der Waals surface area (Å²) in [6.45, 7) is 0.0380. The smallest absolute Gasteiger partial charge is 0.338 e. The maximum absolute atomic E-state index is 12.2. The van der Waals surface area contributed by atoms with Crippen LogP contribution in [0, 0.1) is 0 Å². The average molecular weight is 400 g/mol. The van der Waals surface area contributed by atoms with Gasteiger partial charge in [0, 0.05) is 12.7 Å². The molecule has 0 aliphatic carbocycles. The number of sulfone groups is 1. The van der Waals surface area contributed by atoms with Crippen molar-refractivity contribution >= 4 is 27.4 Å². The first-order chi connectivity index (χ1) is 13.3. The summed E-state index contributed by atoms with van der Waals surface area (Å²) in [5.41, 5.74) is 2.61. The van der Waals surface area contributed by atoms with Crippen LogP contribution in [0.5, 0.6) is 0 Å². The lowest BCUT2D eigenvalue weighted by Gasteiger charge is -2.11. The van der Waals surface area contributed by atoms with Crippen LogP contribution < -0.4 is 0 Å². The molecule has 0 radical (unpaired) electrons. The Morgan fingerprint density at radius 3 is 2.39 bits per heavy atom. The van der Waals surface area contributed by atoms with Gasteiger partial charge in [-0.2, -0.15) is 5.10 Å². The van der Waals surface area contributed by atoms with Gasteiger partial charge in [-0.3, -0.25) is 4.79 Å². The second kappa shape index (κ2) is 8.35. The summed E-state index contributed by atoms with van der Waals surface area (Å²) in [6.07, 6.45) is 1.79. The minimum Gasteiger partial charge on any atom is -0.452 e. The molecule has 0 unspecified atom stereocenters. The van der Waals surface area contributed by atoms with Gasteiger partial charge in [0.05, 0.1) is 23.6 Å². The number of esters is 1. The van der Waals surface area contributed by atoms with Gasteiger partial charge in [-0.25, -0.2) is 18.2 Å². The maximum Gasteiger partial charge on any atom is 0.338 e. The predicted octanol–water partition coefficient (Wildman–Crippen LogP) is 2.02. The molecule has 1 amide bonds. The number of rotatable bonds is 6. The van der Waals surface area contributed by atoms with Gasteiger partial charge in [-0.05, 0) is 23.3 Å². The van der Waals surface area contributed by atoms with Gasteiger partial charge in [-0.15, -0.1) is 0 Å². The largest absolute Gasteiger partial charge is 0.452 e. The second-order valence-electron chi connectivity index (χ2n) is 6.52. The van der Waals surface area contributed by atoms with Crippen LogP contribution in [0.2, 0.25) is 0 Å². The minimum atomic E-state index is -3.14. The van der Waals surface area contributed by atoms with Crippen LogP contribution in [0.4, 0.5) is 0 Å². The number of hydrazone groups is 1. The summed E-state index contributed by atoms with van der Waals surface area (Å²) in [4.78, 5) is 24.3. The summed E-state index contributed by atoms with van der Waals surface area (Å²) in [5, 5.41) is 5.62. The number of carbonyl (C=O) groups excluding carboxylic acids is 2. The van der Waals surface area contributed by atoms with Crippen molar-refractivity contribution in [3.63, 3.8) is 0 Å². The zero-order chi connectivity index (χ0) is 20.1. The molecule has 0 spiro atoms. The van der Waals surface area contributed by atoms with Crippen molar-refractivity contribution in [1.29, 1.82) is 0 Å². The van der Waals surface area contributed by atoms with Crippen molar-refractivity contribution in [2.24, 2.45) is 5.10 Å². The quantitative estimate of drug-likeness (QED) is 0.692. The number of benzene rings is 2. The first kappa shape index (κ1) is 19.8. The van der Waals surface area contributed by atoms with Crippen LogP contribution in [0.25, 0.3) is 0 Å². The molecule has 0 N–H and O–H groups in total. The van der Waals surface area contributed by atoms with E-state index in [0.29, 0.717) is 18.5 Å². The Hall–Kier alpha value is -3.00. The van der Waals surface area contributed by atoms with Crippen molar-refractivity contribution in [2.45, 2.75) is 12.2 Å². The Morgan fingerprint density at radius 2 is 1.75 bits per heavy atom. The van der Waals surface area contributed by atoms with Gasteiger partial charge in [0.1, 0.15) is 0 Å². The van der Waals surface area contributed by atoms with E-state index in [0.717, 1.165) is 17.5 Å². The summed E-state index contributed by atoms with van der Waals surface area (Å²) >= 11 is 0. The van der Waals surface area contributed by atoms with Crippen LogP contribution in [0.3, 0.4) is 0 Å². The van der Waals surface area contributed by atoms with E-state index in [1.165, 1.54) is 17.1 Å². The van der Waals surface area contributed by atoms with Crippen LogP contribution in [0.1, 0.15) is 27.9 Å². The average Bonchev–Trinajstić information content (AvgIpc) is 3.16. The third-order valence-corrected chi connectivity index (χ3v) is 5.00. The van der Waals surface area contributed by atoms with E-state index in [2.05, 4.69) is 5.10 Å². The fourth-order valence-corrected chi connectivity index (χ4v) is 3.59. The third-order valence-electron chi connectivity index (χ3n) is 4.14. The Morgan fingerprint density at radius 1 is 1.07 bits per heavy atom. The first-order valence-corrected chi connectivity index (χ1v) is 10.7. The molecule has 0 saturated heterocycles. The van der Waals surface area contributed by atoms with Crippen molar-refractivity contribution in [1.82, 2.24) is 5.01 Å². The third kappa shape index (κ3) is 5.26. The van der Waals surface area contributed by atoms with Gasteiger partial charge in [0.15, 0.2) is 16.4 Å². The van der Waals surface area contributed by atoms with Crippen molar-refractivity contribution < 1.29 is 22.7 Å². The number of carbonyl (C=O) groups is 2. The van der Waals surface area contributed by atoms with Crippen LogP contribution in [-0.2, 0) is 25.1 Å². The first-order valence-electron chi connectivity index (χ1n) is 8.69. The van der Waals surface area contributed by atoms with E-state index in [1.807, 2.05) is 30.3 Å². The molecule has 1 heterocycles. The fourth-order valence-electron chi connectivity index (χ4n) is 2.80. The number of ether oxygens (including phenoxy) is 1. The molecule has 0 saturated carbocycles. The molecule has 0 bridgehead atoms. The fraction of sp³-hybridized carbons (Fsp3) is 0.250. The lowest BCUT2D eigenvalue weighted by Crippen LogP contribution is -2.28. The highest BCUT2D eigenvalue weighted by atomic mass is 32.2. The Labute approximate surface area is 163 Å². The normalized spacial score (nSPS) is 13.9. The summed E-state index contributed by atoms with van der Waals surface area (Å²) in [5.74, 6) is -1.14. The zero-order valence-corrected chi connectivity index (χ0v) is 16.2. The summed E-state index contributed by atoms with van der Waals surface area (Å²) < 4.78 is 27.7. The number of nitrogens with zero attached hydrogens (tertiary/aromatic N) is 2. The standard InChI is InChI=1S/C20H20N2O5S/c1-28(25,26)14-15-7-9-17(10-8-15)20(24)27-13-19(23)22-12-11-18(21-22)16-5-3-2-4-6-16/h2-10H,11-14H2,1H3. The van der Waals surface area contributed by atoms with Crippen LogP contribution in [0.15, 0.2) is 59.7 Å². The predicted molar refractivity (Wildman–Crippen MR) is 105 cm³/mol. The Balaban J connectivity index is 1.54. The van der Waals surface area contributed by atoms with E-state index in [-0.39, 0.29) is 11.3 Å². The van der Waals surface area contributed by atoms with Gasteiger partial charge in [0.2, 0.25) is 0 Å². The van der Waals surface area contributed by atoms with E-state index in [1.54, 1.807) is 12.1 Å². The molecule has 0 aromatic heterocycles. The zero-order valence-electron chi connectivity index (χ0n) is 15.4. The molecule has 2 aromatic rings. The van der Waals surface area contributed by atoms with Gasteiger partial charge in [-0.1, -0.05) is 42.5 Å². The maximum atomic E-state index is 12.2. The molecule has 28 heavy (non-hydrogen) atoms. The highest BCUT2D eigenvalue weighted by molar-refractivity contribution is 7.89. The van der Waals surface area contributed by atoms with E-state index in [4.69, 9.17) is 4.74 Å². The SMILES string of the molecule is CS(=O)(=O)Cc1ccc(C(=O)OCC(=O)N2CCC(c3ccccc3)=N2)cc1. The molecule has 2 aromatic carbocycles. The monoisotopic (exact) mass is 400 g/mol. The molecular weight excluding hydrogens is 380 g/mol. The summed E-state index contributed by atoms with van der Waals surface area (Å²) in [6, 6.07) is 15.7. The molecule has 7 nitrogen and oxygen atoms in total. The Bertz CT molecular complexity index is 999. The number of hydrogen-bond donors (Lipinski definition) is 0. The van der Waals surface area contributed by atoms with Crippen molar-refractivity contribution in [3.8, 4) is 0 Å². The van der Waals surface area contributed by atoms with Gasteiger partial charge >= 0.3 is 5.97 Å². The van der Waals surface area contributed by atoms with Crippen LogP contribution in [-0.4, -0.2) is 50.4 Å². The molecule has 3 rings (SSSR count). The number of hydrogen-bond acceptors (Lipinski definition) is 6. The van der Waals surface area contributed by atoms with Gasteiger partial charge in [0.25, 0.3) is 5.91 Å². The van der Waals surface area contributed by atoms with E-state index >= 15 is 0 Å². The van der Waals surface area contributed by atoms with Crippen molar-refractivity contribution in [3.05, 3.63) is 71.3 Å². The Kier molecular flexibility index (Phi) is 5.89. The molecule has 0 atom stereocenters. The lowest BCUT2D eigenvalue weighted by atomic mass is 10.1. The van der Waals surface area contributed by atoms with Crippen molar-refractivity contribution in [2.75, 3.05) is 19.4 Å². The minimum absolute atomic E-state index is 0.0997.